The van der Waals surface area contributed by atoms with E-state index in [9.17, 15) is 0 Å². The number of para-hydroxylation sites is 1. The van der Waals surface area contributed by atoms with E-state index in [4.69, 9.17) is 22.6 Å². The van der Waals surface area contributed by atoms with Gasteiger partial charge in [0.2, 0.25) is 0 Å². The van der Waals surface area contributed by atoms with Crippen LogP contribution in [0.1, 0.15) is 6.42 Å². The summed E-state index contributed by atoms with van der Waals surface area (Å²) in [7, 11) is 0. The second-order valence-electron chi connectivity index (χ2n) is 3.89. The summed E-state index contributed by atoms with van der Waals surface area (Å²) in [4.78, 5) is 2.06. The fourth-order valence-electron chi connectivity index (χ4n) is 1.84. The highest BCUT2D eigenvalue weighted by Crippen LogP contribution is 2.30. The highest BCUT2D eigenvalue weighted by atomic mass is 35.5. The lowest BCUT2D eigenvalue weighted by Crippen LogP contribution is -2.41. The number of hydrogen-bond donors (Lipinski definition) is 1. The maximum Gasteiger partial charge on any atom is 0.123 e. The Morgan fingerprint density at radius 2 is 2.20 bits per heavy atom. The Bertz CT molecular complexity index is 413. The molecule has 1 aromatic rings. The SMILES string of the molecule is N#CC1(N)CCN(c2ccccc2Cl)C1. The van der Waals surface area contributed by atoms with Gasteiger partial charge in [-0.25, -0.2) is 0 Å². The lowest BCUT2D eigenvalue weighted by Gasteiger charge is -2.20. The molecule has 4 heteroatoms. The summed E-state index contributed by atoms with van der Waals surface area (Å²) >= 11 is 6.08. The fourth-order valence-corrected chi connectivity index (χ4v) is 2.09. The van der Waals surface area contributed by atoms with Gasteiger partial charge in [-0.15, -0.1) is 0 Å². The fraction of sp³-hybridized carbons (Fsp3) is 0.364. The highest BCUT2D eigenvalue weighted by molar-refractivity contribution is 6.33. The minimum absolute atomic E-state index is 0.549. The van der Waals surface area contributed by atoms with Crippen LogP contribution in [-0.2, 0) is 0 Å². The normalized spacial score (nSPS) is 25.3. The molecule has 1 aromatic carbocycles. The average Bonchev–Trinajstić information content (AvgIpc) is 2.63. The van der Waals surface area contributed by atoms with Gasteiger partial charge in [0, 0.05) is 13.1 Å². The van der Waals surface area contributed by atoms with E-state index in [1.165, 1.54) is 0 Å². The van der Waals surface area contributed by atoms with Gasteiger partial charge in [-0.1, -0.05) is 23.7 Å². The molecule has 1 saturated heterocycles. The molecule has 1 aliphatic rings. The Morgan fingerprint density at radius 1 is 1.47 bits per heavy atom. The summed E-state index contributed by atoms with van der Waals surface area (Å²) in [6.45, 7) is 1.33. The molecule has 3 nitrogen and oxygen atoms in total. The number of nitriles is 1. The standard InChI is InChI=1S/C11H12ClN3/c12-9-3-1-2-4-10(9)15-6-5-11(14,7-13)8-15/h1-4H,5-6,8,14H2. The number of anilines is 1. The lowest BCUT2D eigenvalue weighted by atomic mass is 10.0. The summed E-state index contributed by atoms with van der Waals surface area (Å²) in [6.07, 6.45) is 0.689. The predicted octanol–water partition coefficient (Wildman–Crippen LogP) is 1.77. The van der Waals surface area contributed by atoms with Crippen molar-refractivity contribution in [2.45, 2.75) is 12.0 Å². The van der Waals surface area contributed by atoms with Crippen molar-refractivity contribution in [2.75, 3.05) is 18.0 Å². The van der Waals surface area contributed by atoms with Crippen LogP contribution in [0.4, 0.5) is 5.69 Å². The average molecular weight is 222 g/mol. The van der Waals surface area contributed by atoms with Crippen molar-refractivity contribution >= 4 is 17.3 Å². The van der Waals surface area contributed by atoms with E-state index in [0.29, 0.717) is 18.0 Å². The molecule has 0 aliphatic carbocycles. The molecule has 1 heterocycles. The molecular weight excluding hydrogens is 210 g/mol. The maximum atomic E-state index is 8.92. The van der Waals surface area contributed by atoms with Crippen molar-refractivity contribution in [2.24, 2.45) is 5.73 Å². The molecule has 0 saturated carbocycles. The third-order valence-corrected chi connectivity index (χ3v) is 3.04. The molecule has 1 atom stereocenters. The van der Waals surface area contributed by atoms with E-state index in [2.05, 4.69) is 11.0 Å². The first-order valence-corrected chi connectivity index (χ1v) is 5.22. The predicted molar refractivity (Wildman–Crippen MR) is 60.8 cm³/mol. The van der Waals surface area contributed by atoms with Crippen molar-refractivity contribution < 1.29 is 0 Å². The van der Waals surface area contributed by atoms with Gasteiger partial charge >= 0.3 is 0 Å². The van der Waals surface area contributed by atoms with Crippen LogP contribution in [-0.4, -0.2) is 18.6 Å². The zero-order valence-corrected chi connectivity index (χ0v) is 9.04. The van der Waals surface area contributed by atoms with Crippen molar-refractivity contribution in [1.29, 1.82) is 5.26 Å². The van der Waals surface area contributed by atoms with Crippen LogP contribution >= 0.6 is 11.6 Å². The van der Waals surface area contributed by atoms with Crippen LogP contribution in [0.2, 0.25) is 5.02 Å². The Morgan fingerprint density at radius 3 is 2.80 bits per heavy atom. The van der Waals surface area contributed by atoms with E-state index >= 15 is 0 Å². The van der Waals surface area contributed by atoms with Gasteiger partial charge in [0.25, 0.3) is 0 Å². The van der Waals surface area contributed by atoms with Crippen LogP contribution in [0.3, 0.4) is 0 Å². The van der Waals surface area contributed by atoms with Gasteiger partial charge in [0.1, 0.15) is 5.54 Å². The third kappa shape index (κ3) is 1.92. The van der Waals surface area contributed by atoms with E-state index in [0.717, 1.165) is 12.2 Å². The van der Waals surface area contributed by atoms with Crippen LogP contribution in [0.15, 0.2) is 24.3 Å². The van der Waals surface area contributed by atoms with E-state index < -0.39 is 5.54 Å². The summed E-state index contributed by atoms with van der Waals surface area (Å²) in [5, 5.41) is 9.63. The van der Waals surface area contributed by atoms with Crippen LogP contribution < -0.4 is 10.6 Å². The topological polar surface area (TPSA) is 53.1 Å². The van der Waals surface area contributed by atoms with Crippen LogP contribution in [0, 0.1) is 11.3 Å². The number of nitrogens with zero attached hydrogens (tertiary/aromatic N) is 2. The van der Waals surface area contributed by atoms with Crippen LogP contribution in [0.25, 0.3) is 0 Å². The molecule has 1 unspecified atom stereocenters. The number of nitrogens with two attached hydrogens (primary N) is 1. The molecule has 2 rings (SSSR count). The molecule has 0 spiro atoms. The zero-order valence-electron chi connectivity index (χ0n) is 8.28. The Labute approximate surface area is 94.0 Å². The Kier molecular flexibility index (Phi) is 2.56. The molecule has 1 aliphatic heterocycles. The van der Waals surface area contributed by atoms with Gasteiger partial charge in [-0.2, -0.15) is 5.26 Å². The second kappa shape index (κ2) is 3.73. The smallest absolute Gasteiger partial charge is 0.123 e. The zero-order chi connectivity index (χ0) is 10.9. The van der Waals surface area contributed by atoms with Gasteiger partial charge in [-0.05, 0) is 18.6 Å². The molecule has 0 bridgehead atoms. The number of benzene rings is 1. The quantitative estimate of drug-likeness (QED) is 0.787. The molecule has 0 amide bonds. The van der Waals surface area contributed by atoms with Gasteiger partial charge in [0.05, 0.1) is 16.8 Å². The van der Waals surface area contributed by atoms with Crippen molar-refractivity contribution in [3.05, 3.63) is 29.3 Å². The first-order chi connectivity index (χ1) is 7.14. The van der Waals surface area contributed by atoms with E-state index in [1.54, 1.807) is 0 Å². The molecular formula is C11H12ClN3. The molecule has 2 N–H and O–H groups in total. The van der Waals surface area contributed by atoms with Crippen molar-refractivity contribution in [3.8, 4) is 6.07 Å². The summed E-state index contributed by atoms with van der Waals surface area (Å²) in [6, 6.07) is 9.77. The minimum atomic E-state index is -0.723. The molecule has 0 aromatic heterocycles. The van der Waals surface area contributed by atoms with Crippen molar-refractivity contribution in [1.82, 2.24) is 0 Å². The van der Waals surface area contributed by atoms with E-state index in [1.807, 2.05) is 24.3 Å². The Balaban J connectivity index is 2.23. The van der Waals surface area contributed by atoms with Gasteiger partial charge < -0.3 is 10.6 Å². The van der Waals surface area contributed by atoms with Gasteiger partial charge in [-0.3, -0.25) is 0 Å². The van der Waals surface area contributed by atoms with Crippen LogP contribution in [0.5, 0.6) is 0 Å². The summed E-state index contributed by atoms with van der Waals surface area (Å²) < 4.78 is 0. The highest BCUT2D eigenvalue weighted by Gasteiger charge is 2.35. The number of halogens is 1. The maximum absolute atomic E-state index is 8.92. The minimum Gasteiger partial charge on any atom is -0.367 e. The third-order valence-electron chi connectivity index (χ3n) is 2.72. The first-order valence-electron chi connectivity index (χ1n) is 4.84. The summed E-state index contributed by atoms with van der Waals surface area (Å²) in [5.74, 6) is 0. The van der Waals surface area contributed by atoms with Gasteiger partial charge in [0.15, 0.2) is 0 Å². The lowest BCUT2D eigenvalue weighted by molar-refractivity contribution is 0.606. The molecule has 1 fully saturated rings. The van der Waals surface area contributed by atoms with E-state index in [-0.39, 0.29) is 0 Å². The monoisotopic (exact) mass is 221 g/mol. The molecule has 15 heavy (non-hydrogen) atoms. The number of rotatable bonds is 1. The molecule has 78 valence electrons. The number of hydrogen-bond acceptors (Lipinski definition) is 3. The van der Waals surface area contributed by atoms with Crippen molar-refractivity contribution in [3.63, 3.8) is 0 Å². The Hall–Kier alpha value is -1.24. The summed E-state index contributed by atoms with van der Waals surface area (Å²) in [5.41, 5.74) is 6.13. The molecule has 0 radical (unpaired) electrons. The largest absolute Gasteiger partial charge is 0.367 e. The second-order valence-corrected chi connectivity index (χ2v) is 4.30. The first kappa shape index (κ1) is 10.3.